The van der Waals surface area contributed by atoms with Crippen molar-refractivity contribution in [1.82, 2.24) is 15.1 Å². The van der Waals surface area contributed by atoms with Crippen LogP contribution in [0.1, 0.15) is 36.8 Å². The molecule has 4 heteroatoms. The lowest BCUT2D eigenvalue weighted by Crippen LogP contribution is -2.20. The molecule has 0 bridgehead atoms. The van der Waals surface area contributed by atoms with Crippen molar-refractivity contribution in [2.45, 2.75) is 32.9 Å². The third kappa shape index (κ3) is 3.20. The standard InChI is InChI=1S/C16H23N3O/c1-5-13-10-14(19(3)18-13)11-17-12(2)15-8-6-7-9-16(15)20-4/h6-10,12,17H,5,11H2,1-4H3/t12-/m0/s1. The number of aryl methyl sites for hydroxylation is 2. The highest BCUT2D eigenvalue weighted by molar-refractivity contribution is 5.35. The Morgan fingerprint density at radius 2 is 2.10 bits per heavy atom. The van der Waals surface area contributed by atoms with Crippen LogP contribution in [0.2, 0.25) is 0 Å². The average molecular weight is 273 g/mol. The van der Waals surface area contributed by atoms with Crippen molar-refractivity contribution in [1.29, 1.82) is 0 Å². The van der Waals surface area contributed by atoms with E-state index in [0.717, 1.165) is 24.4 Å². The number of hydrogen-bond acceptors (Lipinski definition) is 3. The van der Waals surface area contributed by atoms with Gasteiger partial charge in [-0.3, -0.25) is 4.68 Å². The normalized spacial score (nSPS) is 12.4. The van der Waals surface area contributed by atoms with Gasteiger partial charge in [0, 0.05) is 25.2 Å². The van der Waals surface area contributed by atoms with Crippen LogP contribution in [-0.4, -0.2) is 16.9 Å². The van der Waals surface area contributed by atoms with Crippen LogP contribution in [0.4, 0.5) is 0 Å². The van der Waals surface area contributed by atoms with Gasteiger partial charge in [0.05, 0.1) is 18.5 Å². The summed E-state index contributed by atoms with van der Waals surface area (Å²) in [4.78, 5) is 0. The van der Waals surface area contributed by atoms with E-state index in [-0.39, 0.29) is 6.04 Å². The van der Waals surface area contributed by atoms with E-state index in [0.29, 0.717) is 0 Å². The molecular formula is C16H23N3O. The molecule has 1 aromatic heterocycles. The van der Waals surface area contributed by atoms with Crippen LogP contribution in [0.5, 0.6) is 5.75 Å². The first kappa shape index (κ1) is 14.6. The summed E-state index contributed by atoms with van der Waals surface area (Å²) in [6, 6.07) is 10.5. The summed E-state index contributed by atoms with van der Waals surface area (Å²) < 4.78 is 7.35. The second-order valence-electron chi connectivity index (χ2n) is 4.95. The van der Waals surface area contributed by atoms with Gasteiger partial charge in [-0.15, -0.1) is 0 Å². The van der Waals surface area contributed by atoms with Crippen LogP contribution >= 0.6 is 0 Å². The maximum atomic E-state index is 5.41. The zero-order chi connectivity index (χ0) is 14.5. The number of nitrogens with one attached hydrogen (secondary N) is 1. The summed E-state index contributed by atoms with van der Waals surface area (Å²) >= 11 is 0. The zero-order valence-corrected chi connectivity index (χ0v) is 12.7. The van der Waals surface area contributed by atoms with Gasteiger partial charge in [0.25, 0.3) is 0 Å². The summed E-state index contributed by atoms with van der Waals surface area (Å²) in [5, 5.41) is 7.99. The molecule has 1 N–H and O–H groups in total. The van der Waals surface area contributed by atoms with E-state index in [1.807, 2.05) is 29.9 Å². The summed E-state index contributed by atoms with van der Waals surface area (Å²) in [6.45, 7) is 5.06. The molecule has 0 spiro atoms. The molecule has 0 aliphatic carbocycles. The smallest absolute Gasteiger partial charge is 0.123 e. The van der Waals surface area contributed by atoms with Gasteiger partial charge in [-0.2, -0.15) is 5.10 Å². The molecule has 0 saturated carbocycles. The Morgan fingerprint density at radius 1 is 1.35 bits per heavy atom. The predicted molar refractivity (Wildman–Crippen MR) is 80.8 cm³/mol. The fourth-order valence-electron chi connectivity index (χ4n) is 2.30. The summed E-state index contributed by atoms with van der Waals surface area (Å²) in [5.74, 6) is 0.923. The van der Waals surface area contributed by atoms with Gasteiger partial charge in [0.1, 0.15) is 5.75 Å². The van der Waals surface area contributed by atoms with Crippen molar-refractivity contribution in [3.8, 4) is 5.75 Å². The van der Waals surface area contributed by atoms with Crippen molar-refractivity contribution in [2.24, 2.45) is 7.05 Å². The first-order chi connectivity index (χ1) is 9.65. The maximum Gasteiger partial charge on any atom is 0.123 e. The van der Waals surface area contributed by atoms with E-state index >= 15 is 0 Å². The number of para-hydroxylation sites is 1. The van der Waals surface area contributed by atoms with Gasteiger partial charge in [0.15, 0.2) is 0 Å². The van der Waals surface area contributed by atoms with Gasteiger partial charge in [0.2, 0.25) is 0 Å². The highest BCUT2D eigenvalue weighted by Gasteiger charge is 2.11. The van der Waals surface area contributed by atoms with E-state index in [2.05, 4.69) is 36.4 Å². The minimum absolute atomic E-state index is 0.228. The Labute approximate surface area is 120 Å². The number of aromatic nitrogens is 2. The molecule has 0 unspecified atom stereocenters. The van der Waals surface area contributed by atoms with Crippen molar-refractivity contribution < 1.29 is 4.74 Å². The average Bonchev–Trinajstić information content (AvgIpc) is 2.85. The molecular weight excluding hydrogens is 250 g/mol. The SMILES string of the molecule is CCc1cc(CN[C@@H](C)c2ccccc2OC)n(C)n1. The third-order valence-corrected chi connectivity index (χ3v) is 3.58. The molecule has 2 rings (SSSR count). The van der Waals surface area contributed by atoms with Crippen molar-refractivity contribution >= 4 is 0 Å². The van der Waals surface area contributed by atoms with Crippen LogP contribution in [-0.2, 0) is 20.0 Å². The number of methoxy groups -OCH3 is 1. The van der Waals surface area contributed by atoms with E-state index in [1.165, 1.54) is 11.3 Å². The second kappa shape index (κ2) is 6.57. The quantitative estimate of drug-likeness (QED) is 0.879. The minimum atomic E-state index is 0.228. The Hall–Kier alpha value is -1.81. The van der Waals surface area contributed by atoms with Crippen LogP contribution < -0.4 is 10.1 Å². The zero-order valence-electron chi connectivity index (χ0n) is 12.7. The van der Waals surface area contributed by atoms with Crippen molar-refractivity contribution in [3.63, 3.8) is 0 Å². The summed E-state index contributed by atoms with van der Waals surface area (Å²) in [7, 11) is 3.70. The maximum absolute atomic E-state index is 5.41. The highest BCUT2D eigenvalue weighted by atomic mass is 16.5. The Morgan fingerprint density at radius 3 is 2.75 bits per heavy atom. The van der Waals surface area contributed by atoms with Crippen molar-refractivity contribution in [3.05, 3.63) is 47.3 Å². The summed E-state index contributed by atoms with van der Waals surface area (Å²) in [6.07, 6.45) is 0.968. The van der Waals surface area contributed by atoms with Crippen LogP contribution in [0, 0.1) is 0 Å². The predicted octanol–water partition coefficient (Wildman–Crippen LogP) is 2.84. The Bertz CT molecular complexity index is 563. The number of hydrogen-bond donors (Lipinski definition) is 1. The van der Waals surface area contributed by atoms with E-state index < -0.39 is 0 Å². The number of nitrogens with zero attached hydrogens (tertiary/aromatic N) is 2. The van der Waals surface area contributed by atoms with Crippen molar-refractivity contribution in [2.75, 3.05) is 7.11 Å². The van der Waals surface area contributed by atoms with Gasteiger partial charge in [-0.05, 0) is 25.5 Å². The molecule has 1 heterocycles. The first-order valence-electron chi connectivity index (χ1n) is 7.03. The van der Waals surface area contributed by atoms with Crippen LogP contribution in [0.3, 0.4) is 0 Å². The first-order valence-corrected chi connectivity index (χ1v) is 7.03. The summed E-state index contributed by atoms with van der Waals surface area (Å²) in [5.41, 5.74) is 3.51. The third-order valence-electron chi connectivity index (χ3n) is 3.58. The Balaban J connectivity index is 2.04. The Kier molecular flexibility index (Phi) is 4.79. The lowest BCUT2D eigenvalue weighted by Gasteiger charge is -2.17. The van der Waals surface area contributed by atoms with E-state index in [4.69, 9.17) is 4.74 Å². The fourth-order valence-corrected chi connectivity index (χ4v) is 2.30. The molecule has 0 amide bonds. The van der Waals surface area contributed by atoms with Gasteiger partial charge < -0.3 is 10.1 Å². The molecule has 4 nitrogen and oxygen atoms in total. The van der Waals surface area contributed by atoms with Crippen LogP contribution in [0.25, 0.3) is 0 Å². The molecule has 0 saturated heterocycles. The lowest BCUT2D eigenvalue weighted by molar-refractivity contribution is 0.401. The number of ether oxygens (including phenoxy) is 1. The molecule has 0 aliphatic heterocycles. The molecule has 1 atom stereocenters. The number of rotatable bonds is 6. The van der Waals surface area contributed by atoms with Gasteiger partial charge in [-0.1, -0.05) is 25.1 Å². The molecule has 0 fully saturated rings. The number of benzene rings is 1. The van der Waals surface area contributed by atoms with Gasteiger partial charge in [-0.25, -0.2) is 0 Å². The minimum Gasteiger partial charge on any atom is -0.496 e. The van der Waals surface area contributed by atoms with Gasteiger partial charge >= 0.3 is 0 Å². The van der Waals surface area contributed by atoms with E-state index in [9.17, 15) is 0 Å². The van der Waals surface area contributed by atoms with Crippen LogP contribution in [0.15, 0.2) is 30.3 Å². The molecule has 1 aromatic carbocycles. The van der Waals surface area contributed by atoms with E-state index in [1.54, 1.807) is 7.11 Å². The lowest BCUT2D eigenvalue weighted by atomic mass is 10.1. The molecule has 20 heavy (non-hydrogen) atoms. The largest absolute Gasteiger partial charge is 0.496 e. The topological polar surface area (TPSA) is 39.1 Å². The highest BCUT2D eigenvalue weighted by Crippen LogP contribution is 2.24. The molecule has 108 valence electrons. The monoisotopic (exact) mass is 273 g/mol. The molecule has 0 radical (unpaired) electrons. The fraction of sp³-hybridized carbons (Fsp3) is 0.438. The molecule has 2 aromatic rings. The molecule has 0 aliphatic rings. The second-order valence-corrected chi connectivity index (χ2v) is 4.95.